The van der Waals surface area contributed by atoms with Crippen LogP contribution in [0.25, 0.3) is 0 Å². The van der Waals surface area contributed by atoms with E-state index in [-0.39, 0.29) is 23.5 Å². The van der Waals surface area contributed by atoms with E-state index in [1.165, 1.54) is 12.1 Å². The number of carbonyl (C=O) groups excluding carboxylic acids is 2. The quantitative estimate of drug-likeness (QED) is 0.353. The van der Waals surface area contributed by atoms with Crippen LogP contribution in [-0.2, 0) is 14.3 Å². The van der Waals surface area contributed by atoms with Crippen LogP contribution in [0, 0.1) is 10.1 Å². The van der Waals surface area contributed by atoms with E-state index in [2.05, 4.69) is 5.32 Å². The summed E-state index contributed by atoms with van der Waals surface area (Å²) in [7, 11) is 0. The minimum Gasteiger partial charge on any atom is -0.459 e. The van der Waals surface area contributed by atoms with Gasteiger partial charge in [0.05, 0.1) is 10.5 Å². The number of nitrogens with zero attached hydrogens (tertiary/aromatic N) is 1. The maximum atomic E-state index is 13.6. The molecule has 7 nitrogen and oxygen atoms in total. The topological polar surface area (TPSA) is 98.5 Å². The van der Waals surface area contributed by atoms with Gasteiger partial charge >= 0.3 is 5.97 Å². The molecule has 2 aromatic carbocycles. The van der Waals surface area contributed by atoms with Crippen LogP contribution in [0.15, 0.2) is 77.1 Å². The molecule has 2 atom stereocenters. The Hall–Kier alpha value is -3.74. The zero-order valence-corrected chi connectivity index (χ0v) is 19.7. The van der Waals surface area contributed by atoms with Crippen LogP contribution in [0.2, 0.25) is 0 Å². The zero-order chi connectivity index (χ0) is 24.5. The fourth-order valence-electron chi connectivity index (χ4n) is 5.64. The molecule has 35 heavy (non-hydrogen) atoms. The Bertz CT molecular complexity index is 1240. The summed E-state index contributed by atoms with van der Waals surface area (Å²) in [6.45, 7) is 1.82. The smallest absolute Gasteiger partial charge is 0.337 e. The minimum absolute atomic E-state index is 0.0282. The molecule has 1 fully saturated rings. The molecule has 0 aromatic heterocycles. The number of nitro benzene ring substituents is 1. The number of rotatable bonds is 5. The third-order valence-corrected chi connectivity index (χ3v) is 7.31. The Labute approximate surface area is 204 Å². The summed E-state index contributed by atoms with van der Waals surface area (Å²) in [5.74, 6) is -1.18. The van der Waals surface area contributed by atoms with Gasteiger partial charge in [0.2, 0.25) is 0 Å². The van der Waals surface area contributed by atoms with Crippen molar-refractivity contribution in [2.75, 3.05) is 0 Å². The first-order valence-electron chi connectivity index (χ1n) is 12.2. The van der Waals surface area contributed by atoms with Gasteiger partial charge in [0.1, 0.15) is 6.10 Å². The summed E-state index contributed by atoms with van der Waals surface area (Å²) in [5, 5.41) is 14.8. The fraction of sp³-hybridized carbons (Fsp3) is 0.357. The van der Waals surface area contributed by atoms with Crippen molar-refractivity contribution in [2.24, 2.45) is 0 Å². The number of hydrogen-bond donors (Lipinski definition) is 1. The maximum absolute atomic E-state index is 13.6. The number of non-ortho nitro benzene ring substituents is 1. The van der Waals surface area contributed by atoms with Gasteiger partial charge < -0.3 is 10.1 Å². The standard InChI is InChI=1S/C28H28N2O5/c1-17-25(28(32)35-22-12-5-6-13-22)26(19-10-7-11-21(14-19)30(33)34)27-23(29-17)15-20(16-24(27)31)18-8-3-2-4-9-18/h2-4,7-11,14,20,22,26,29H,5-6,12-13,15-16H2,1H3/t20-,26-/m1/s1. The van der Waals surface area contributed by atoms with Gasteiger partial charge in [-0.15, -0.1) is 0 Å². The van der Waals surface area contributed by atoms with Crippen LogP contribution in [0.5, 0.6) is 0 Å². The number of nitro groups is 1. The molecule has 1 N–H and O–H groups in total. The molecule has 180 valence electrons. The number of hydrogen-bond acceptors (Lipinski definition) is 6. The molecule has 7 heteroatoms. The van der Waals surface area contributed by atoms with E-state index in [0.717, 1.165) is 36.9 Å². The Morgan fingerprint density at radius 2 is 1.74 bits per heavy atom. The van der Waals surface area contributed by atoms with Crippen LogP contribution in [0.4, 0.5) is 5.69 Å². The van der Waals surface area contributed by atoms with Crippen molar-refractivity contribution in [1.82, 2.24) is 5.32 Å². The summed E-state index contributed by atoms with van der Waals surface area (Å²) in [6, 6.07) is 16.2. The molecule has 2 aromatic rings. The molecule has 5 rings (SSSR count). The Morgan fingerprint density at radius 1 is 1.03 bits per heavy atom. The highest BCUT2D eigenvalue weighted by Crippen LogP contribution is 2.46. The first kappa shape index (κ1) is 23.0. The number of benzene rings is 2. The number of nitrogens with one attached hydrogen (secondary N) is 1. The van der Waals surface area contributed by atoms with Gasteiger partial charge in [0.25, 0.3) is 5.69 Å². The second-order valence-corrected chi connectivity index (χ2v) is 9.59. The number of carbonyl (C=O) groups is 2. The first-order valence-corrected chi connectivity index (χ1v) is 12.2. The molecule has 2 aliphatic carbocycles. The molecule has 0 amide bonds. The number of ether oxygens (including phenoxy) is 1. The molecular formula is C28H28N2O5. The van der Waals surface area contributed by atoms with Crippen molar-refractivity contribution < 1.29 is 19.2 Å². The van der Waals surface area contributed by atoms with Crippen LogP contribution < -0.4 is 5.32 Å². The Balaban J connectivity index is 1.57. The van der Waals surface area contributed by atoms with Crippen molar-refractivity contribution in [3.63, 3.8) is 0 Å². The highest BCUT2D eigenvalue weighted by Gasteiger charge is 2.42. The molecule has 0 saturated heterocycles. The summed E-state index contributed by atoms with van der Waals surface area (Å²) >= 11 is 0. The van der Waals surface area contributed by atoms with Crippen LogP contribution in [0.1, 0.15) is 68.4 Å². The Kier molecular flexibility index (Phi) is 6.24. The van der Waals surface area contributed by atoms with Crippen LogP contribution in [-0.4, -0.2) is 22.8 Å². The molecule has 3 aliphatic rings. The average Bonchev–Trinajstić information content (AvgIpc) is 3.36. The second-order valence-electron chi connectivity index (χ2n) is 9.59. The van der Waals surface area contributed by atoms with E-state index in [4.69, 9.17) is 4.74 Å². The third kappa shape index (κ3) is 4.50. The van der Waals surface area contributed by atoms with E-state index in [0.29, 0.717) is 35.2 Å². The van der Waals surface area contributed by atoms with E-state index in [9.17, 15) is 19.7 Å². The predicted octanol–water partition coefficient (Wildman–Crippen LogP) is 5.44. The van der Waals surface area contributed by atoms with Crippen LogP contribution >= 0.6 is 0 Å². The number of esters is 1. The summed E-state index contributed by atoms with van der Waals surface area (Å²) in [4.78, 5) is 38.1. The average molecular weight is 473 g/mol. The van der Waals surface area contributed by atoms with Gasteiger partial charge in [-0.25, -0.2) is 4.79 Å². The maximum Gasteiger partial charge on any atom is 0.337 e. The lowest BCUT2D eigenvalue weighted by Gasteiger charge is -2.37. The SMILES string of the molecule is CC1=C(C(=O)OC2CCCC2)[C@@H](c2cccc([N+](=O)[O-])c2)C2=C(C[C@@H](c3ccccc3)CC2=O)N1. The summed E-state index contributed by atoms with van der Waals surface area (Å²) in [6.07, 6.45) is 4.53. The summed E-state index contributed by atoms with van der Waals surface area (Å²) < 4.78 is 5.85. The number of dihydropyridines is 1. The zero-order valence-electron chi connectivity index (χ0n) is 19.7. The fourth-order valence-corrected chi connectivity index (χ4v) is 5.64. The molecular weight excluding hydrogens is 444 g/mol. The molecule has 1 heterocycles. The lowest BCUT2D eigenvalue weighted by atomic mass is 9.71. The van der Waals surface area contributed by atoms with Crippen molar-refractivity contribution in [3.8, 4) is 0 Å². The predicted molar refractivity (Wildman–Crippen MR) is 130 cm³/mol. The van der Waals surface area contributed by atoms with Gasteiger partial charge in [0.15, 0.2) is 5.78 Å². The van der Waals surface area contributed by atoms with Crippen molar-refractivity contribution >= 4 is 17.4 Å². The van der Waals surface area contributed by atoms with E-state index >= 15 is 0 Å². The van der Waals surface area contributed by atoms with Gasteiger partial charge in [-0.05, 0) is 56.1 Å². The highest BCUT2D eigenvalue weighted by atomic mass is 16.6. The number of ketones is 1. The van der Waals surface area contributed by atoms with Crippen molar-refractivity contribution in [2.45, 2.75) is 63.4 Å². The number of allylic oxidation sites excluding steroid dienone is 3. The molecule has 0 radical (unpaired) electrons. The molecule has 1 saturated carbocycles. The van der Waals surface area contributed by atoms with Gasteiger partial charge in [-0.1, -0.05) is 42.5 Å². The monoisotopic (exact) mass is 472 g/mol. The lowest BCUT2D eigenvalue weighted by Crippen LogP contribution is -2.36. The van der Waals surface area contributed by atoms with Gasteiger partial charge in [-0.2, -0.15) is 0 Å². The van der Waals surface area contributed by atoms with E-state index in [1.807, 2.05) is 37.3 Å². The first-order chi connectivity index (χ1) is 16.9. The number of Topliss-reactive ketones (excluding diaryl/α,β-unsaturated/α-hetero) is 1. The Morgan fingerprint density at radius 3 is 2.46 bits per heavy atom. The van der Waals surface area contributed by atoms with Crippen molar-refractivity contribution in [1.29, 1.82) is 0 Å². The largest absolute Gasteiger partial charge is 0.459 e. The minimum atomic E-state index is -0.704. The lowest BCUT2D eigenvalue weighted by molar-refractivity contribution is -0.384. The summed E-state index contributed by atoms with van der Waals surface area (Å²) in [5.41, 5.74) is 3.86. The molecule has 0 unspecified atom stereocenters. The van der Waals surface area contributed by atoms with Crippen molar-refractivity contribution in [3.05, 3.63) is 98.4 Å². The third-order valence-electron chi connectivity index (χ3n) is 7.31. The second kappa shape index (κ2) is 9.49. The van der Waals surface area contributed by atoms with E-state index < -0.39 is 16.8 Å². The normalized spacial score (nSPS) is 22.6. The van der Waals surface area contributed by atoms with Gasteiger partial charge in [0, 0.05) is 41.4 Å². The van der Waals surface area contributed by atoms with Crippen LogP contribution in [0.3, 0.4) is 0 Å². The molecule has 1 aliphatic heterocycles. The highest BCUT2D eigenvalue weighted by molar-refractivity contribution is 6.04. The molecule has 0 bridgehead atoms. The van der Waals surface area contributed by atoms with Gasteiger partial charge in [-0.3, -0.25) is 14.9 Å². The molecule has 0 spiro atoms. The van der Waals surface area contributed by atoms with E-state index in [1.54, 1.807) is 12.1 Å².